The molecule has 31 heavy (non-hydrogen) atoms. The van der Waals surface area contributed by atoms with Crippen molar-refractivity contribution in [1.29, 1.82) is 0 Å². The van der Waals surface area contributed by atoms with Gasteiger partial charge >= 0.3 is 6.61 Å². The number of alkyl halides is 2. The predicted octanol–water partition coefficient (Wildman–Crippen LogP) is 4.00. The third kappa shape index (κ3) is 6.30. The summed E-state index contributed by atoms with van der Waals surface area (Å²) >= 11 is 5.20. The molecule has 0 fully saturated rings. The number of aromatic nitrogens is 2. The summed E-state index contributed by atoms with van der Waals surface area (Å²) in [4.78, 5) is 7.64. The van der Waals surface area contributed by atoms with Crippen LogP contribution in [0.1, 0.15) is 5.56 Å². The van der Waals surface area contributed by atoms with Crippen molar-refractivity contribution in [2.75, 3.05) is 15.4 Å². The predicted molar refractivity (Wildman–Crippen MR) is 117 cm³/mol. The van der Waals surface area contributed by atoms with Crippen LogP contribution in [0.15, 0.2) is 65.8 Å². The number of anilines is 3. The van der Waals surface area contributed by atoms with Gasteiger partial charge in [-0.2, -0.15) is 8.78 Å². The van der Waals surface area contributed by atoms with Gasteiger partial charge in [-0.1, -0.05) is 6.07 Å². The van der Waals surface area contributed by atoms with Gasteiger partial charge in [-0.3, -0.25) is 0 Å². The number of nitrogens with one attached hydrogen (secondary N) is 3. The third-order valence-electron chi connectivity index (χ3n) is 3.82. The Labute approximate surface area is 182 Å². The smallest absolute Gasteiger partial charge is 0.387 e. The van der Waals surface area contributed by atoms with Crippen LogP contribution in [-0.2, 0) is 10.0 Å². The van der Waals surface area contributed by atoms with Gasteiger partial charge in [0.2, 0.25) is 5.95 Å². The number of sulfonamides is 1. The number of aryl methyl sites for hydroxylation is 1. The summed E-state index contributed by atoms with van der Waals surface area (Å²) in [7, 11) is -3.87. The van der Waals surface area contributed by atoms with E-state index in [1.165, 1.54) is 42.7 Å². The Balaban J connectivity index is 1.67. The van der Waals surface area contributed by atoms with Crippen LogP contribution in [0, 0.1) is 6.92 Å². The molecule has 162 valence electrons. The molecule has 1 aromatic heterocycles. The van der Waals surface area contributed by atoms with E-state index in [0.717, 1.165) is 5.56 Å². The average molecular weight is 466 g/mol. The zero-order valence-electron chi connectivity index (χ0n) is 16.0. The van der Waals surface area contributed by atoms with Crippen LogP contribution in [0.2, 0.25) is 0 Å². The quantitative estimate of drug-likeness (QED) is 0.450. The normalized spacial score (nSPS) is 11.1. The van der Waals surface area contributed by atoms with Crippen LogP contribution >= 0.6 is 12.2 Å². The lowest BCUT2D eigenvalue weighted by atomic mass is 10.2. The first-order valence-corrected chi connectivity index (χ1v) is 10.7. The molecule has 0 unspecified atom stereocenters. The molecule has 0 spiro atoms. The molecule has 0 aliphatic rings. The first-order chi connectivity index (χ1) is 14.7. The molecule has 0 aliphatic carbocycles. The van der Waals surface area contributed by atoms with Crippen molar-refractivity contribution in [3.8, 4) is 5.75 Å². The monoisotopic (exact) mass is 465 g/mol. The van der Waals surface area contributed by atoms with E-state index in [-0.39, 0.29) is 27.4 Å². The van der Waals surface area contributed by atoms with E-state index in [1.807, 2.05) is 0 Å². The summed E-state index contributed by atoms with van der Waals surface area (Å²) < 4.78 is 56.8. The number of thiocarbonyl (C=S) groups is 1. The molecule has 3 aromatic rings. The van der Waals surface area contributed by atoms with E-state index >= 15 is 0 Å². The molecule has 0 saturated carbocycles. The maximum atomic E-state index is 12.6. The van der Waals surface area contributed by atoms with Crippen molar-refractivity contribution in [3.05, 3.63) is 66.5 Å². The minimum absolute atomic E-state index is 0.00413. The van der Waals surface area contributed by atoms with Crippen LogP contribution in [-0.4, -0.2) is 30.1 Å². The highest BCUT2D eigenvalue weighted by Crippen LogP contribution is 2.27. The minimum Gasteiger partial charge on any atom is -0.433 e. The zero-order valence-corrected chi connectivity index (χ0v) is 17.7. The molecule has 1 heterocycles. The van der Waals surface area contributed by atoms with Crippen LogP contribution in [0.3, 0.4) is 0 Å². The fraction of sp³-hybridized carbons (Fsp3) is 0.105. The van der Waals surface area contributed by atoms with Crippen molar-refractivity contribution < 1.29 is 21.9 Å². The van der Waals surface area contributed by atoms with Gasteiger partial charge in [0.05, 0.1) is 10.6 Å². The Morgan fingerprint density at radius 1 is 1.06 bits per heavy atom. The molecule has 0 bridgehead atoms. The highest BCUT2D eigenvalue weighted by Gasteiger charge is 2.16. The summed E-state index contributed by atoms with van der Waals surface area (Å²) in [5, 5.41) is 5.74. The van der Waals surface area contributed by atoms with Gasteiger partial charge < -0.3 is 15.4 Å². The molecule has 0 aliphatic heterocycles. The highest BCUT2D eigenvalue weighted by atomic mass is 32.2. The molecular formula is C19H17F2N5O3S2. The second-order valence-electron chi connectivity index (χ2n) is 6.16. The van der Waals surface area contributed by atoms with Crippen LogP contribution in [0.25, 0.3) is 0 Å². The van der Waals surface area contributed by atoms with E-state index in [4.69, 9.17) is 12.2 Å². The fourth-order valence-electron chi connectivity index (χ4n) is 2.46. The van der Waals surface area contributed by atoms with Crippen molar-refractivity contribution in [1.82, 2.24) is 9.97 Å². The van der Waals surface area contributed by atoms with Gasteiger partial charge in [0.25, 0.3) is 10.0 Å². The van der Waals surface area contributed by atoms with Gasteiger partial charge in [0, 0.05) is 18.1 Å². The van der Waals surface area contributed by atoms with E-state index in [9.17, 15) is 17.2 Å². The molecule has 12 heteroatoms. The summed E-state index contributed by atoms with van der Waals surface area (Å²) in [5.74, 6) is -0.0928. The van der Waals surface area contributed by atoms with Gasteiger partial charge in [0.1, 0.15) is 5.75 Å². The SMILES string of the molecule is Cc1ccc(NC(=S)Nc2ccc(S(=O)(=O)Nc3ncccn3)cc2)c(OC(F)F)c1. The maximum Gasteiger partial charge on any atom is 0.387 e. The molecule has 8 nitrogen and oxygen atoms in total. The molecule has 0 amide bonds. The Morgan fingerprint density at radius 3 is 2.39 bits per heavy atom. The largest absolute Gasteiger partial charge is 0.433 e. The minimum atomic E-state index is -3.87. The number of hydrogen-bond donors (Lipinski definition) is 3. The Morgan fingerprint density at radius 2 is 1.74 bits per heavy atom. The first kappa shape index (κ1) is 22.3. The summed E-state index contributed by atoms with van der Waals surface area (Å²) in [6.07, 6.45) is 2.83. The third-order valence-corrected chi connectivity index (χ3v) is 5.36. The van der Waals surface area contributed by atoms with Gasteiger partial charge in [-0.15, -0.1) is 0 Å². The maximum absolute atomic E-state index is 12.6. The van der Waals surface area contributed by atoms with Crippen molar-refractivity contribution >= 4 is 44.7 Å². The van der Waals surface area contributed by atoms with Crippen LogP contribution < -0.4 is 20.1 Å². The lowest BCUT2D eigenvalue weighted by Gasteiger charge is -2.15. The van der Waals surface area contributed by atoms with Gasteiger partial charge in [-0.05, 0) is 67.2 Å². The lowest BCUT2D eigenvalue weighted by Crippen LogP contribution is -2.20. The number of rotatable bonds is 7. The summed E-state index contributed by atoms with van der Waals surface area (Å²) in [6.45, 7) is -1.24. The van der Waals surface area contributed by atoms with Gasteiger partial charge in [0.15, 0.2) is 5.11 Å². The van der Waals surface area contributed by atoms with Crippen LogP contribution in [0.5, 0.6) is 5.75 Å². The Bertz CT molecular complexity index is 1160. The summed E-state index contributed by atoms with van der Waals surface area (Å²) in [5.41, 5.74) is 1.48. The number of benzene rings is 2. The number of ether oxygens (including phenoxy) is 1. The first-order valence-electron chi connectivity index (χ1n) is 8.76. The molecule has 0 atom stereocenters. The fourth-order valence-corrected chi connectivity index (χ4v) is 3.65. The number of halogens is 2. The molecule has 3 N–H and O–H groups in total. The van der Waals surface area contributed by atoms with Crippen molar-refractivity contribution in [2.45, 2.75) is 18.4 Å². The molecule has 2 aromatic carbocycles. The zero-order chi connectivity index (χ0) is 22.4. The second-order valence-corrected chi connectivity index (χ2v) is 8.25. The Kier molecular flexibility index (Phi) is 6.92. The topological polar surface area (TPSA) is 105 Å². The Hall–Kier alpha value is -3.38. The molecule has 0 saturated heterocycles. The van der Waals surface area contributed by atoms with Crippen molar-refractivity contribution in [2.24, 2.45) is 0 Å². The van der Waals surface area contributed by atoms with E-state index in [0.29, 0.717) is 5.69 Å². The average Bonchev–Trinajstić information content (AvgIpc) is 2.70. The lowest BCUT2D eigenvalue weighted by molar-refractivity contribution is -0.0493. The molecular weight excluding hydrogens is 448 g/mol. The van der Waals surface area contributed by atoms with Crippen molar-refractivity contribution in [3.63, 3.8) is 0 Å². The van der Waals surface area contributed by atoms with Gasteiger partial charge in [-0.25, -0.2) is 23.1 Å². The standard InChI is InChI=1S/C19H17F2N5O3S2/c1-12-3-8-15(16(11-12)29-17(20)21)25-19(30)24-13-4-6-14(7-5-13)31(27,28)26-18-22-9-2-10-23-18/h2-11,17H,1H3,(H,22,23,26)(H2,24,25,30). The highest BCUT2D eigenvalue weighted by molar-refractivity contribution is 7.92. The van der Waals surface area contributed by atoms with Crippen LogP contribution in [0.4, 0.5) is 26.1 Å². The number of hydrogen-bond acceptors (Lipinski definition) is 6. The van der Waals surface area contributed by atoms with E-state index in [2.05, 4.69) is 30.1 Å². The summed E-state index contributed by atoms with van der Waals surface area (Å²) in [6, 6.07) is 12.0. The van der Waals surface area contributed by atoms with E-state index in [1.54, 1.807) is 25.1 Å². The molecule has 3 rings (SSSR count). The second kappa shape index (κ2) is 9.62. The molecule has 0 radical (unpaired) electrons. The number of nitrogens with zero attached hydrogens (tertiary/aromatic N) is 2. The van der Waals surface area contributed by atoms with E-state index < -0.39 is 16.6 Å².